The topological polar surface area (TPSA) is 49.4 Å². The molecule has 2 aromatic rings. The van der Waals surface area contributed by atoms with E-state index < -0.39 is 0 Å². The van der Waals surface area contributed by atoms with Crippen molar-refractivity contribution in [3.05, 3.63) is 58.3 Å². The molecule has 1 aromatic heterocycles. The van der Waals surface area contributed by atoms with Gasteiger partial charge in [0.05, 0.1) is 4.88 Å². The maximum atomic E-state index is 12.2. The number of carbonyl (C=O) groups excluding carboxylic acids is 2. The molecule has 0 saturated heterocycles. The van der Waals surface area contributed by atoms with E-state index in [0.29, 0.717) is 30.9 Å². The third kappa shape index (κ3) is 5.53. The fraction of sp³-hybridized carbons (Fsp3) is 0.333. The van der Waals surface area contributed by atoms with Gasteiger partial charge in [0.2, 0.25) is 5.91 Å². The minimum atomic E-state index is -0.111. The smallest absolute Gasteiger partial charge is 0.261 e. The Morgan fingerprint density at radius 2 is 1.91 bits per heavy atom. The predicted molar refractivity (Wildman–Crippen MR) is 93.7 cm³/mol. The van der Waals surface area contributed by atoms with Crippen molar-refractivity contribution in [2.24, 2.45) is 0 Å². The highest BCUT2D eigenvalue weighted by Crippen LogP contribution is 2.08. The molecule has 0 aliphatic rings. The Bertz CT molecular complexity index is 611. The van der Waals surface area contributed by atoms with Gasteiger partial charge in [0.1, 0.15) is 0 Å². The molecule has 0 unspecified atom stereocenters. The van der Waals surface area contributed by atoms with Crippen molar-refractivity contribution in [2.75, 3.05) is 19.6 Å². The normalized spacial score (nSPS) is 10.3. The molecular formula is C18H22N2O2S. The van der Waals surface area contributed by atoms with Crippen molar-refractivity contribution in [3.63, 3.8) is 0 Å². The second-order valence-corrected chi connectivity index (χ2v) is 6.14. The molecule has 0 aliphatic carbocycles. The molecule has 2 amide bonds. The quantitative estimate of drug-likeness (QED) is 0.809. The molecule has 0 saturated carbocycles. The first-order chi connectivity index (χ1) is 11.2. The zero-order valence-corrected chi connectivity index (χ0v) is 14.1. The number of nitrogens with one attached hydrogen (secondary N) is 1. The van der Waals surface area contributed by atoms with Gasteiger partial charge in [-0.1, -0.05) is 36.4 Å². The van der Waals surface area contributed by atoms with E-state index in [2.05, 4.69) is 17.4 Å². The van der Waals surface area contributed by atoms with Crippen LogP contribution >= 0.6 is 11.3 Å². The van der Waals surface area contributed by atoms with Gasteiger partial charge in [-0.3, -0.25) is 9.59 Å². The first-order valence-corrected chi connectivity index (χ1v) is 8.72. The van der Waals surface area contributed by atoms with E-state index in [1.54, 1.807) is 6.07 Å². The summed E-state index contributed by atoms with van der Waals surface area (Å²) < 4.78 is 0. The van der Waals surface area contributed by atoms with Crippen molar-refractivity contribution in [1.82, 2.24) is 10.2 Å². The molecule has 1 aromatic carbocycles. The molecule has 4 nitrogen and oxygen atoms in total. The van der Waals surface area contributed by atoms with E-state index in [9.17, 15) is 9.59 Å². The number of carbonyl (C=O) groups is 2. The minimum absolute atomic E-state index is 0.0786. The lowest BCUT2D eigenvalue weighted by Crippen LogP contribution is -2.35. The van der Waals surface area contributed by atoms with E-state index in [4.69, 9.17) is 0 Å². The maximum absolute atomic E-state index is 12.2. The van der Waals surface area contributed by atoms with Gasteiger partial charge in [0.15, 0.2) is 0 Å². The fourth-order valence-electron chi connectivity index (χ4n) is 2.30. The SMILES string of the molecule is CCN(CCc1ccccc1)C(=O)CCNC(=O)c1cccs1. The highest BCUT2D eigenvalue weighted by Gasteiger charge is 2.12. The van der Waals surface area contributed by atoms with Crippen LogP contribution in [0.3, 0.4) is 0 Å². The molecule has 0 atom stereocenters. The number of hydrogen-bond donors (Lipinski definition) is 1. The lowest BCUT2D eigenvalue weighted by atomic mass is 10.1. The van der Waals surface area contributed by atoms with Crippen molar-refractivity contribution < 1.29 is 9.59 Å². The van der Waals surface area contributed by atoms with Crippen LogP contribution in [0.25, 0.3) is 0 Å². The lowest BCUT2D eigenvalue weighted by Gasteiger charge is -2.21. The largest absolute Gasteiger partial charge is 0.351 e. The van der Waals surface area contributed by atoms with E-state index in [0.717, 1.165) is 6.42 Å². The summed E-state index contributed by atoms with van der Waals surface area (Å²) in [4.78, 5) is 26.6. The Morgan fingerprint density at radius 3 is 2.57 bits per heavy atom. The van der Waals surface area contributed by atoms with Crippen LogP contribution in [0.4, 0.5) is 0 Å². The number of nitrogens with zero attached hydrogens (tertiary/aromatic N) is 1. The van der Waals surface area contributed by atoms with Crippen LogP contribution in [-0.2, 0) is 11.2 Å². The third-order valence-electron chi connectivity index (χ3n) is 3.62. The third-order valence-corrected chi connectivity index (χ3v) is 4.49. The van der Waals surface area contributed by atoms with Crippen molar-refractivity contribution in [1.29, 1.82) is 0 Å². The van der Waals surface area contributed by atoms with Crippen LogP contribution in [0, 0.1) is 0 Å². The van der Waals surface area contributed by atoms with E-state index in [1.165, 1.54) is 16.9 Å². The molecule has 23 heavy (non-hydrogen) atoms. The van der Waals surface area contributed by atoms with Crippen molar-refractivity contribution in [3.8, 4) is 0 Å². The van der Waals surface area contributed by atoms with Gasteiger partial charge in [-0.2, -0.15) is 0 Å². The molecule has 1 N–H and O–H groups in total. The van der Waals surface area contributed by atoms with Crippen molar-refractivity contribution in [2.45, 2.75) is 19.8 Å². The summed E-state index contributed by atoms with van der Waals surface area (Å²) in [5, 5.41) is 4.66. The summed E-state index contributed by atoms with van der Waals surface area (Å²) >= 11 is 1.40. The Kier molecular flexibility index (Phi) is 6.81. The van der Waals surface area contributed by atoms with Gasteiger partial charge >= 0.3 is 0 Å². The number of thiophene rings is 1. The van der Waals surface area contributed by atoms with Crippen LogP contribution in [0.5, 0.6) is 0 Å². The summed E-state index contributed by atoms with van der Waals surface area (Å²) in [6.45, 7) is 3.74. The monoisotopic (exact) mass is 330 g/mol. The number of likely N-dealkylation sites (N-methyl/N-ethyl adjacent to an activating group) is 1. The average Bonchev–Trinajstić information content (AvgIpc) is 3.11. The second kappa shape index (κ2) is 9.10. The van der Waals surface area contributed by atoms with Crippen molar-refractivity contribution >= 4 is 23.2 Å². The van der Waals surface area contributed by atoms with Gasteiger partial charge in [0, 0.05) is 26.1 Å². The lowest BCUT2D eigenvalue weighted by molar-refractivity contribution is -0.130. The molecule has 0 fully saturated rings. The van der Waals surface area contributed by atoms with Gasteiger partial charge in [-0.05, 0) is 30.4 Å². The molecule has 2 rings (SSSR count). The summed E-state index contributed by atoms with van der Waals surface area (Å²) in [5.41, 5.74) is 1.23. The predicted octanol–water partition coefficient (Wildman–Crippen LogP) is 2.96. The summed E-state index contributed by atoms with van der Waals surface area (Å²) in [6, 6.07) is 13.8. The summed E-state index contributed by atoms with van der Waals surface area (Å²) in [5.74, 6) is -0.0324. The van der Waals surface area contributed by atoms with Gasteiger partial charge < -0.3 is 10.2 Å². The highest BCUT2D eigenvalue weighted by atomic mass is 32.1. The minimum Gasteiger partial charge on any atom is -0.351 e. The standard InChI is InChI=1S/C18H22N2O2S/c1-2-20(13-11-15-7-4-3-5-8-15)17(21)10-12-19-18(22)16-9-6-14-23-16/h3-9,14H,2,10-13H2,1H3,(H,19,22). The summed E-state index contributed by atoms with van der Waals surface area (Å²) in [6.07, 6.45) is 1.18. The summed E-state index contributed by atoms with van der Waals surface area (Å²) in [7, 11) is 0. The van der Waals surface area contributed by atoms with Crippen LogP contribution < -0.4 is 5.32 Å². The number of benzene rings is 1. The van der Waals surface area contributed by atoms with Crippen LogP contribution in [0.1, 0.15) is 28.6 Å². The molecule has 0 spiro atoms. The zero-order chi connectivity index (χ0) is 16.5. The Labute approximate surface area is 141 Å². The van der Waals surface area contributed by atoms with Gasteiger partial charge in [-0.25, -0.2) is 0 Å². The molecule has 122 valence electrons. The van der Waals surface area contributed by atoms with Crippen LogP contribution in [0.15, 0.2) is 47.8 Å². The molecule has 0 aliphatic heterocycles. The molecule has 1 heterocycles. The second-order valence-electron chi connectivity index (χ2n) is 5.19. The Morgan fingerprint density at radius 1 is 1.13 bits per heavy atom. The molecule has 0 radical (unpaired) electrons. The van der Waals surface area contributed by atoms with Crippen LogP contribution in [0.2, 0.25) is 0 Å². The molecule has 5 heteroatoms. The number of amides is 2. The fourth-order valence-corrected chi connectivity index (χ4v) is 2.94. The van der Waals surface area contributed by atoms with Crippen LogP contribution in [-0.4, -0.2) is 36.3 Å². The first-order valence-electron chi connectivity index (χ1n) is 7.84. The first kappa shape index (κ1) is 17.2. The van der Waals surface area contributed by atoms with E-state index in [1.807, 2.05) is 41.5 Å². The van der Waals surface area contributed by atoms with E-state index >= 15 is 0 Å². The maximum Gasteiger partial charge on any atom is 0.261 e. The molecular weight excluding hydrogens is 308 g/mol. The Balaban J connectivity index is 1.73. The zero-order valence-electron chi connectivity index (χ0n) is 13.3. The number of rotatable bonds is 8. The number of hydrogen-bond acceptors (Lipinski definition) is 3. The van der Waals surface area contributed by atoms with Gasteiger partial charge in [-0.15, -0.1) is 11.3 Å². The van der Waals surface area contributed by atoms with Gasteiger partial charge in [0.25, 0.3) is 5.91 Å². The Hall–Kier alpha value is -2.14. The molecule has 0 bridgehead atoms. The average molecular weight is 330 g/mol. The highest BCUT2D eigenvalue weighted by molar-refractivity contribution is 7.12. The van der Waals surface area contributed by atoms with E-state index in [-0.39, 0.29) is 11.8 Å².